The van der Waals surface area contributed by atoms with E-state index in [9.17, 15) is 14.4 Å². The summed E-state index contributed by atoms with van der Waals surface area (Å²) in [6.07, 6.45) is -4.98. The first-order chi connectivity index (χ1) is 18.5. The molecule has 0 unspecified atom stereocenters. The molecule has 1 fully saturated rings. The van der Waals surface area contributed by atoms with Gasteiger partial charge >= 0.3 is 17.9 Å². The average Bonchev–Trinajstić information content (AvgIpc) is 3.34. The van der Waals surface area contributed by atoms with Crippen LogP contribution in [0.3, 0.4) is 0 Å². The molecule has 0 radical (unpaired) electrons. The maximum atomic E-state index is 13.1. The number of carbonyl (C=O) groups excluding carboxylic acids is 3. The molecule has 9 nitrogen and oxygen atoms in total. The van der Waals surface area contributed by atoms with Crippen molar-refractivity contribution in [2.75, 3.05) is 6.61 Å². The van der Waals surface area contributed by atoms with E-state index in [4.69, 9.17) is 23.7 Å². The van der Waals surface area contributed by atoms with Crippen molar-refractivity contribution in [1.29, 1.82) is 0 Å². The normalized spacial score (nSPS) is 23.8. The molecular formula is C29H25NO8. The highest BCUT2D eigenvalue weighted by molar-refractivity contribution is 5.91. The van der Waals surface area contributed by atoms with Gasteiger partial charge < -0.3 is 23.7 Å². The number of hydrogen-bond acceptors (Lipinski definition) is 9. The first-order valence-electron chi connectivity index (χ1n) is 12.1. The van der Waals surface area contributed by atoms with E-state index in [-0.39, 0.29) is 6.61 Å². The maximum Gasteiger partial charge on any atom is 0.338 e. The lowest BCUT2D eigenvalue weighted by Gasteiger charge is -2.41. The van der Waals surface area contributed by atoms with E-state index in [0.717, 1.165) is 0 Å². The fourth-order valence-electron chi connectivity index (χ4n) is 4.29. The first-order valence-corrected chi connectivity index (χ1v) is 12.1. The molecule has 0 aromatic heterocycles. The lowest BCUT2D eigenvalue weighted by atomic mass is 9.97. The summed E-state index contributed by atoms with van der Waals surface area (Å²) in [4.78, 5) is 43.1. The molecule has 1 saturated heterocycles. The Kier molecular flexibility index (Phi) is 7.46. The number of hydrogen-bond donors (Lipinski definition) is 0. The topological polar surface area (TPSA) is 110 Å². The first kappa shape index (κ1) is 25.2. The molecule has 0 aliphatic carbocycles. The quantitative estimate of drug-likeness (QED) is 0.345. The third-order valence-corrected chi connectivity index (χ3v) is 6.12. The summed E-state index contributed by atoms with van der Waals surface area (Å²) in [5.41, 5.74) is 0.957. The standard InChI is InChI=1S/C29H25NO8/c1-18-30-26-25(35-18)24(38-29(33)21-15-9-4-10-16-21)23(37-28(32)20-13-7-3-8-14-20)22(36-26)17-34-27(31)19-11-5-2-6-12-19/h2-16,22-26H,17H2,1H3/t22-,23+,24+,25-,26+/m1/s1. The van der Waals surface area contributed by atoms with Crippen LogP contribution in [0.2, 0.25) is 0 Å². The minimum atomic E-state index is -1.17. The van der Waals surface area contributed by atoms with Crippen molar-refractivity contribution in [2.45, 2.75) is 37.6 Å². The molecule has 0 spiro atoms. The van der Waals surface area contributed by atoms with Gasteiger partial charge in [-0.1, -0.05) is 54.6 Å². The number of aliphatic imine (C=N–C) groups is 1. The van der Waals surface area contributed by atoms with Gasteiger partial charge in [0.15, 0.2) is 30.4 Å². The molecule has 5 rings (SSSR count). The molecule has 9 heteroatoms. The number of carbonyl (C=O) groups is 3. The third-order valence-electron chi connectivity index (χ3n) is 6.12. The summed E-state index contributed by atoms with van der Waals surface area (Å²) in [5.74, 6) is -1.54. The lowest BCUT2D eigenvalue weighted by molar-refractivity contribution is -0.214. The largest absolute Gasteiger partial charge is 0.469 e. The molecule has 194 valence electrons. The molecule has 38 heavy (non-hydrogen) atoms. The fourth-order valence-corrected chi connectivity index (χ4v) is 4.29. The van der Waals surface area contributed by atoms with Crippen molar-refractivity contribution >= 4 is 23.8 Å². The number of benzene rings is 3. The van der Waals surface area contributed by atoms with Crippen LogP contribution in [0.15, 0.2) is 96.0 Å². The Bertz CT molecular complexity index is 1310. The van der Waals surface area contributed by atoms with Crippen LogP contribution >= 0.6 is 0 Å². The minimum Gasteiger partial charge on any atom is -0.469 e. The smallest absolute Gasteiger partial charge is 0.338 e. The van der Waals surface area contributed by atoms with Gasteiger partial charge in [0.2, 0.25) is 0 Å². The molecule has 2 aliphatic heterocycles. The van der Waals surface area contributed by atoms with Crippen LogP contribution in [0, 0.1) is 0 Å². The van der Waals surface area contributed by atoms with Crippen molar-refractivity contribution in [3.8, 4) is 0 Å². The monoisotopic (exact) mass is 515 g/mol. The van der Waals surface area contributed by atoms with Gasteiger partial charge in [0.05, 0.1) is 16.7 Å². The molecule has 2 aliphatic rings. The van der Waals surface area contributed by atoms with Gasteiger partial charge in [-0.2, -0.15) is 0 Å². The molecule has 3 aromatic carbocycles. The predicted octanol–water partition coefficient (Wildman–Crippen LogP) is 3.84. The van der Waals surface area contributed by atoms with Crippen LogP contribution in [-0.4, -0.2) is 61.1 Å². The van der Waals surface area contributed by atoms with E-state index in [0.29, 0.717) is 22.6 Å². The SMILES string of the molecule is CC1=N[C@H]2O[C@H](COC(=O)c3ccccc3)[C@H](OC(=O)c3ccccc3)[C@H](OC(=O)c3ccccc3)[C@H]2O1. The van der Waals surface area contributed by atoms with Crippen LogP contribution in [0.5, 0.6) is 0 Å². The predicted molar refractivity (Wildman–Crippen MR) is 135 cm³/mol. The van der Waals surface area contributed by atoms with E-state index < -0.39 is 48.6 Å². The summed E-state index contributed by atoms with van der Waals surface area (Å²) in [6.45, 7) is 1.37. The summed E-state index contributed by atoms with van der Waals surface area (Å²) in [6, 6.07) is 25.3. The van der Waals surface area contributed by atoms with E-state index in [1.807, 2.05) is 0 Å². The molecule has 0 N–H and O–H groups in total. The number of nitrogens with zero attached hydrogens (tertiary/aromatic N) is 1. The van der Waals surface area contributed by atoms with Crippen molar-refractivity contribution < 1.29 is 38.1 Å². The molecule has 0 amide bonds. The van der Waals surface area contributed by atoms with Gasteiger partial charge in [0.25, 0.3) is 0 Å². The summed E-state index contributed by atoms with van der Waals surface area (Å²) in [7, 11) is 0. The second kappa shape index (κ2) is 11.3. The molecular weight excluding hydrogens is 490 g/mol. The Labute approximate surface area is 218 Å². The number of rotatable bonds is 7. The molecule has 0 saturated carbocycles. The Hall–Kier alpha value is -4.50. The fraction of sp³-hybridized carbons (Fsp3) is 0.241. The lowest BCUT2D eigenvalue weighted by Crippen LogP contribution is -2.60. The third kappa shape index (κ3) is 5.57. The van der Waals surface area contributed by atoms with E-state index in [1.54, 1.807) is 97.9 Å². The summed E-state index contributed by atoms with van der Waals surface area (Å²) >= 11 is 0. The van der Waals surface area contributed by atoms with Gasteiger partial charge in [0, 0.05) is 6.92 Å². The van der Waals surface area contributed by atoms with Crippen LogP contribution in [0.4, 0.5) is 0 Å². The second-order valence-electron chi connectivity index (χ2n) is 8.73. The van der Waals surface area contributed by atoms with Gasteiger partial charge in [0.1, 0.15) is 12.7 Å². The molecule has 3 aromatic rings. The second-order valence-corrected chi connectivity index (χ2v) is 8.73. The molecule has 2 heterocycles. The van der Waals surface area contributed by atoms with Gasteiger partial charge in [-0.3, -0.25) is 0 Å². The summed E-state index contributed by atoms with van der Waals surface area (Å²) in [5, 5.41) is 0. The van der Waals surface area contributed by atoms with Crippen molar-refractivity contribution in [2.24, 2.45) is 4.99 Å². The number of ether oxygens (including phenoxy) is 5. The molecule has 0 bridgehead atoms. The van der Waals surface area contributed by atoms with Crippen LogP contribution in [-0.2, 0) is 23.7 Å². The van der Waals surface area contributed by atoms with Crippen molar-refractivity contribution in [1.82, 2.24) is 0 Å². The molecule has 5 atom stereocenters. The zero-order chi connectivity index (χ0) is 26.5. The van der Waals surface area contributed by atoms with E-state index in [1.165, 1.54) is 0 Å². The van der Waals surface area contributed by atoms with Crippen LogP contribution < -0.4 is 0 Å². The van der Waals surface area contributed by atoms with Crippen LogP contribution in [0.1, 0.15) is 38.0 Å². The minimum absolute atomic E-state index is 0.280. The summed E-state index contributed by atoms with van der Waals surface area (Å²) < 4.78 is 29.1. The van der Waals surface area contributed by atoms with E-state index in [2.05, 4.69) is 4.99 Å². The Morgan fingerprint density at radius 3 is 1.71 bits per heavy atom. The number of fused-ring (bicyclic) bond motifs is 1. The highest BCUT2D eigenvalue weighted by Gasteiger charge is 2.54. The zero-order valence-electron chi connectivity index (χ0n) is 20.5. The Balaban J connectivity index is 1.43. The zero-order valence-corrected chi connectivity index (χ0v) is 20.5. The Morgan fingerprint density at radius 2 is 1.18 bits per heavy atom. The van der Waals surface area contributed by atoms with Crippen molar-refractivity contribution in [3.63, 3.8) is 0 Å². The maximum absolute atomic E-state index is 13.1. The highest BCUT2D eigenvalue weighted by atomic mass is 16.7. The van der Waals surface area contributed by atoms with Gasteiger partial charge in [-0.15, -0.1) is 0 Å². The Morgan fingerprint density at radius 1 is 0.711 bits per heavy atom. The van der Waals surface area contributed by atoms with Gasteiger partial charge in [-0.25, -0.2) is 19.4 Å². The van der Waals surface area contributed by atoms with E-state index >= 15 is 0 Å². The average molecular weight is 516 g/mol. The highest BCUT2D eigenvalue weighted by Crippen LogP contribution is 2.33. The van der Waals surface area contributed by atoms with Gasteiger partial charge in [-0.05, 0) is 36.4 Å². The number of esters is 3. The van der Waals surface area contributed by atoms with Crippen molar-refractivity contribution in [3.05, 3.63) is 108 Å². The van der Waals surface area contributed by atoms with Crippen LogP contribution in [0.25, 0.3) is 0 Å².